The third-order valence-corrected chi connectivity index (χ3v) is 6.58. The molecule has 1 aromatic rings. The van der Waals surface area contributed by atoms with Crippen LogP contribution in [0.2, 0.25) is 0 Å². The van der Waals surface area contributed by atoms with E-state index >= 15 is 0 Å². The van der Waals surface area contributed by atoms with E-state index in [4.69, 9.17) is 9.47 Å². The summed E-state index contributed by atoms with van der Waals surface area (Å²) < 4.78 is 12.1. The van der Waals surface area contributed by atoms with Crippen molar-refractivity contribution in [2.75, 3.05) is 13.6 Å². The van der Waals surface area contributed by atoms with Crippen molar-refractivity contribution in [2.24, 2.45) is 5.92 Å². The van der Waals surface area contributed by atoms with Crippen LogP contribution in [0.4, 0.5) is 0 Å². The zero-order valence-corrected chi connectivity index (χ0v) is 15.1. The molecule has 1 saturated carbocycles. The molecule has 0 aromatic heterocycles. The van der Waals surface area contributed by atoms with Crippen LogP contribution in [0.15, 0.2) is 24.3 Å². The Morgan fingerprint density at radius 1 is 1.38 bits per heavy atom. The summed E-state index contributed by atoms with van der Waals surface area (Å²) in [6.07, 6.45) is 7.92. The molecular weight excluding hydrogens is 330 g/mol. The molecule has 0 unspecified atom stereocenters. The first-order chi connectivity index (χ1) is 12.6. The summed E-state index contributed by atoms with van der Waals surface area (Å²) in [7, 11) is 2.13. The smallest absolute Gasteiger partial charge is 0.314 e. The van der Waals surface area contributed by atoms with E-state index in [1.165, 1.54) is 5.56 Å². The van der Waals surface area contributed by atoms with Gasteiger partial charge < -0.3 is 19.5 Å². The normalized spacial score (nSPS) is 32.8. The third-order valence-electron chi connectivity index (χ3n) is 6.58. The zero-order chi connectivity index (χ0) is 17.9. The fourth-order valence-electron chi connectivity index (χ4n) is 4.83. The topological polar surface area (TPSA) is 59.0 Å². The monoisotopic (exact) mass is 355 g/mol. The minimum atomic E-state index is -0.481. The number of ether oxygens (including phenoxy) is 2. The summed E-state index contributed by atoms with van der Waals surface area (Å²) in [5.74, 6) is 1.16. The number of hydrogen-bond acceptors (Lipinski definition) is 5. The van der Waals surface area contributed by atoms with Gasteiger partial charge in [-0.25, -0.2) is 0 Å². The van der Waals surface area contributed by atoms with Crippen LogP contribution in [-0.2, 0) is 16.8 Å². The lowest BCUT2D eigenvalue weighted by atomic mass is 9.69. The van der Waals surface area contributed by atoms with E-state index in [9.17, 15) is 9.90 Å². The SMILES string of the molecule is CN1CC[C@@]23C=C[C@H](O)C[C@@H]2Oc2c(OC(=O)C4CCC4)ccc(c23)C1. The van der Waals surface area contributed by atoms with Crippen LogP contribution < -0.4 is 9.47 Å². The Kier molecular flexibility index (Phi) is 3.66. The van der Waals surface area contributed by atoms with Crippen molar-refractivity contribution in [3.63, 3.8) is 0 Å². The van der Waals surface area contributed by atoms with Crippen molar-refractivity contribution >= 4 is 5.97 Å². The van der Waals surface area contributed by atoms with Crippen LogP contribution in [0.1, 0.15) is 43.2 Å². The molecule has 2 aliphatic heterocycles. The molecule has 1 N–H and O–H groups in total. The highest BCUT2D eigenvalue weighted by Gasteiger charge is 2.52. The van der Waals surface area contributed by atoms with E-state index < -0.39 is 6.10 Å². The van der Waals surface area contributed by atoms with Crippen LogP contribution in [0.5, 0.6) is 11.5 Å². The number of nitrogens with zero attached hydrogens (tertiary/aromatic N) is 1. The molecule has 5 nitrogen and oxygen atoms in total. The first kappa shape index (κ1) is 16.3. The van der Waals surface area contributed by atoms with Gasteiger partial charge in [0.05, 0.1) is 17.4 Å². The number of rotatable bonds is 2. The van der Waals surface area contributed by atoms with Gasteiger partial charge in [0.25, 0.3) is 0 Å². The van der Waals surface area contributed by atoms with E-state index in [1.54, 1.807) is 0 Å². The summed E-state index contributed by atoms with van der Waals surface area (Å²) in [6.45, 7) is 1.82. The van der Waals surface area contributed by atoms with E-state index in [0.717, 1.165) is 44.3 Å². The lowest BCUT2D eigenvalue weighted by Crippen LogP contribution is -2.42. The molecule has 2 aliphatic carbocycles. The molecule has 3 atom stereocenters. The Bertz CT molecular complexity index is 784. The second kappa shape index (κ2) is 5.83. The van der Waals surface area contributed by atoms with Gasteiger partial charge in [0, 0.05) is 18.5 Å². The zero-order valence-electron chi connectivity index (χ0n) is 15.1. The average Bonchev–Trinajstić information content (AvgIpc) is 2.81. The molecule has 0 bridgehead atoms. The van der Waals surface area contributed by atoms with Crippen molar-refractivity contribution in [1.82, 2.24) is 4.90 Å². The molecule has 1 spiro atoms. The van der Waals surface area contributed by atoms with Crippen molar-refractivity contribution < 1.29 is 19.4 Å². The number of aliphatic hydroxyl groups is 1. The molecular formula is C21H25NO4. The number of carbonyl (C=O) groups excluding carboxylic acids is 1. The third kappa shape index (κ3) is 2.33. The highest BCUT2D eigenvalue weighted by atomic mass is 16.6. The van der Waals surface area contributed by atoms with Gasteiger partial charge in [-0.2, -0.15) is 0 Å². The number of aliphatic hydroxyl groups excluding tert-OH is 1. The molecule has 1 aromatic carbocycles. The standard InChI is InChI=1S/C21H25NO4/c1-22-10-9-21-8-7-15(23)11-17(21)26-19-16(6-5-14(12-22)18(19)21)25-20(24)13-3-2-4-13/h5-8,13,15,17,23H,2-4,9-12H2,1H3/t15-,17-,21-/m0/s1. The van der Waals surface area contributed by atoms with Gasteiger partial charge in [0.15, 0.2) is 11.5 Å². The van der Waals surface area contributed by atoms with Gasteiger partial charge in [0.1, 0.15) is 6.10 Å². The lowest BCUT2D eigenvalue weighted by molar-refractivity contribution is -0.141. The predicted molar refractivity (Wildman–Crippen MR) is 96.2 cm³/mol. The number of benzene rings is 1. The highest BCUT2D eigenvalue weighted by molar-refractivity contribution is 5.77. The van der Waals surface area contributed by atoms with Crippen molar-refractivity contribution in [3.8, 4) is 11.5 Å². The molecule has 1 fully saturated rings. The molecule has 2 heterocycles. The summed E-state index contributed by atoms with van der Waals surface area (Å²) >= 11 is 0. The van der Waals surface area contributed by atoms with E-state index in [0.29, 0.717) is 17.9 Å². The Morgan fingerprint density at radius 3 is 3.00 bits per heavy atom. The maximum Gasteiger partial charge on any atom is 0.314 e. The summed E-state index contributed by atoms with van der Waals surface area (Å²) in [5, 5.41) is 10.1. The molecule has 0 amide bonds. The van der Waals surface area contributed by atoms with Crippen LogP contribution in [0, 0.1) is 5.92 Å². The van der Waals surface area contributed by atoms with Gasteiger partial charge >= 0.3 is 5.97 Å². The maximum atomic E-state index is 12.4. The molecule has 5 rings (SSSR count). The lowest BCUT2D eigenvalue weighted by Gasteiger charge is -2.35. The second-order valence-electron chi connectivity index (χ2n) is 8.27. The Hall–Kier alpha value is -1.85. The molecule has 26 heavy (non-hydrogen) atoms. The average molecular weight is 355 g/mol. The van der Waals surface area contributed by atoms with Gasteiger partial charge in [-0.3, -0.25) is 4.79 Å². The van der Waals surface area contributed by atoms with E-state index in [1.807, 2.05) is 12.1 Å². The van der Waals surface area contributed by atoms with Crippen molar-refractivity contribution in [1.29, 1.82) is 0 Å². The van der Waals surface area contributed by atoms with Gasteiger partial charge in [-0.1, -0.05) is 24.6 Å². The summed E-state index contributed by atoms with van der Waals surface area (Å²) in [6, 6.07) is 3.96. The van der Waals surface area contributed by atoms with Crippen LogP contribution in [0.25, 0.3) is 0 Å². The Balaban J connectivity index is 1.59. The highest BCUT2D eigenvalue weighted by Crippen LogP contribution is 2.55. The molecule has 5 heteroatoms. The Labute approximate surface area is 153 Å². The first-order valence-corrected chi connectivity index (χ1v) is 9.67. The molecule has 0 radical (unpaired) electrons. The summed E-state index contributed by atoms with van der Waals surface area (Å²) in [4.78, 5) is 14.7. The van der Waals surface area contributed by atoms with Gasteiger partial charge in [0.2, 0.25) is 0 Å². The largest absolute Gasteiger partial charge is 0.485 e. The minimum Gasteiger partial charge on any atom is -0.485 e. The fourth-order valence-corrected chi connectivity index (χ4v) is 4.83. The molecule has 138 valence electrons. The van der Waals surface area contributed by atoms with Crippen molar-refractivity contribution in [2.45, 2.75) is 56.3 Å². The summed E-state index contributed by atoms with van der Waals surface area (Å²) in [5.41, 5.74) is 2.16. The molecule has 0 saturated heterocycles. The number of esters is 1. The van der Waals surface area contributed by atoms with Gasteiger partial charge in [-0.05, 0) is 44.5 Å². The predicted octanol–water partition coefficient (Wildman–Crippen LogP) is 2.55. The van der Waals surface area contributed by atoms with E-state index in [-0.39, 0.29) is 23.4 Å². The first-order valence-electron chi connectivity index (χ1n) is 9.67. The number of carbonyl (C=O) groups is 1. The maximum absolute atomic E-state index is 12.4. The quantitative estimate of drug-likeness (QED) is 0.502. The van der Waals surface area contributed by atoms with Crippen LogP contribution >= 0.6 is 0 Å². The van der Waals surface area contributed by atoms with Crippen molar-refractivity contribution in [3.05, 3.63) is 35.4 Å². The molecule has 4 aliphatic rings. The van der Waals surface area contributed by atoms with Crippen LogP contribution in [-0.4, -0.2) is 41.8 Å². The van der Waals surface area contributed by atoms with Crippen LogP contribution in [0.3, 0.4) is 0 Å². The fraction of sp³-hybridized carbons (Fsp3) is 0.571. The van der Waals surface area contributed by atoms with Gasteiger partial charge in [-0.15, -0.1) is 0 Å². The Morgan fingerprint density at radius 2 is 2.23 bits per heavy atom. The number of hydrogen-bond donors (Lipinski definition) is 1. The minimum absolute atomic E-state index is 0.0338. The van der Waals surface area contributed by atoms with E-state index in [2.05, 4.69) is 24.1 Å². The second-order valence-corrected chi connectivity index (χ2v) is 8.27.